The molecule has 9 nitrogen and oxygen atoms in total. The number of aromatic nitrogens is 3. The highest BCUT2D eigenvalue weighted by Gasteiger charge is 2.15. The summed E-state index contributed by atoms with van der Waals surface area (Å²) >= 11 is 0. The van der Waals surface area contributed by atoms with Gasteiger partial charge in [0.1, 0.15) is 11.4 Å². The Bertz CT molecular complexity index is 1230. The number of rotatable bonds is 9. The first-order valence-corrected chi connectivity index (χ1v) is 11.6. The lowest BCUT2D eigenvalue weighted by atomic mass is 10.2. The van der Waals surface area contributed by atoms with Crippen LogP contribution in [0.4, 0.5) is 11.4 Å². The largest absolute Gasteiger partial charge is 0.370 e. The molecule has 0 unspecified atom stereocenters. The predicted molar refractivity (Wildman–Crippen MR) is 143 cm³/mol. The topological polar surface area (TPSA) is 105 Å². The van der Waals surface area contributed by atoms with Crippen LogP contribution >= 0.6 is 0 Å². The van der Waals surface area contributed by atoms with E-state index in [-0.39, 0.29) is 38.6 Å². The van der Waals surface area contributed by atoms with Crippen molar-refractivity contribution >= 4 is 29.4 Å². The van der Waals surface area contributed by atoms with Crippen LogP contribution in [0.2, 0.25) is 0 Å². The van der Waals surface area contributed by atoms with Gasteiger partial charge in [-0.25, -0.2) is 9.67 Å². The van der Waals surface area contributed by atoms with E-state index in [2.05, 4.69) is 50.5 Å². The van der Waals surface area contributed by atoms with E-state index in [1.54, 1.807) is 35.3 Å². The van der Waals surface area contributed by atoms with Crippen LogP contribution in [0.15, 0.2) is 53.8 Å². The first kappa shape index (κ1) is 25.6. The summed E-state index contributed by atoms with van der Waals surface area (Å²) in [7, 11) is 2.04. The molecule has 0 aliphatic rings. The smallest absolute Gasteiger partial charge is 0.270 e. The fraction of sp³-hybridized carbons (Fsp3) is 0.346. The Balaban J connectivity index is 0.00000342. The van der Waals surface area contributed by atoms with Crippen molar-refractivity contribution in [2.24, 2.45) is 4.99 Å². The normalized spacial score (nSPS) is 11.3. The second kappa shape index (κ2) is 11.4. The maximum atomic E-state index is 12.6. The van der Waals surface area contributed by atoms with Gasteiger partial charge in [0.25, 0.3) is 11.8 Å². The van der Waals surface area contributed by atoms with Crippen LogP contribution in [0, 0.1) is 0 Å². The molecule has 9 heteroatoms. The fourth-order valence-electron chi connectivity index (χ4n) is 3.35. The van der Waals surface area contributed by atoms with Crippen LogP contribution in [-0.2, 0) is 6.54 Å². The molecule has 2 amide bonds. The van der Waals surface area contributed by atoms with E-state index in [0.717, 1.165) is 22.6 Å². The van der Waals surface area contributed by atoms with Crippen LogP contribution in [0.5, 0.6) is 0 Å². The van der Waals surface area contributed by atoms with E-state index in [0.29, 0.717) is 6.04 Å². The second-order valence-electron chi connectivity index (χ2n) is 8.78. The van der Waals surface area contributed by atoms with Crippen molar-refractivity contribution in [1.82, 2.24) is 25.4 Å². The average Bonchev–Trinajstić information content (AvgIpc) is 3.31. The van der Waals surface area contributed by atoms with Crippen molar-refractivity contribution in [2.75, 3.05) is 11.9 Å². The number of carbonyl (C=O) groups is 2. The zero-order valence-electron chi connectivity index (χ0n) is 21.1. The summed E-state index contributed by atoms with van der Waals surface area (Å²) in [5.41, 5.74) is 4.02. The molecule has 188 valence electrons. The maximum absolute atomic E-state index is 12.6. The summed E-state index contributed by atoms with van der Waals surface area (Å²) in [5, 5.41) is 10.1. The number of nitrogens with zero attached hydrogens (tertiary/aromatic N) is 5. The molecule has 2 aromatic heterocycles. The molecule has 0 atom stereocenters. The quantitative estimate of drug-likeness (QED) is 0.443. The van der Waals surface area contributed by atoms with Gasteiger partial charge < -0.3 is 15.5 Å². The molecular formula is C26H37N7O2. The Morgan fingerprint density at radius 2 is 1.86 bits per heavy atom. The third kappa shape index (κ3) is 6.53. The third-order valence-electron chi connectivity index (χ3n) is 5.37. The molecule has 2 heterocycles. The molecule has 0 spiro atoms. The van der Waals surface area contributed by atoms with E-state index in [1.807, 2.05) is 46.1 Å². The first-order valence-electron chi connectivity index (χ1n) is 11.6. The molecule has 0 bridgehead atoms. The highest BCUT2D eigenvalue weighted by atomic mass is 16.2. The molecule has 3 aromatic rings. The van der Waals surface area contributed by atoms with Gasteiger partial charge >= 0.3 is 0 Å². The Kier molecular flexibility index (Phi) is 8.35. The molecule has 35 heavy (non-hydrogen) atoms. The second-order valence-corrected chi connectivity index (χ2v) is 8.78. The Morgan fingerprint density at radius 1 is 1.14 bits per heavy atom. The van der Waals surface area contributed by atoms with Gasteiger partial charge in [0, 0.05) is 46.5 Å². The number of pyridine rings is 1. The molecule has 0 radical (unpaired) electrons. The summed E-state index contributed by atoms with van der Waals surface area (Å²) in [5.74, 6) is -0.673. The molecule has 0 fully saturated rings. The van der Waals surface area contributed by atoms with Crippen LogP contribution in [-0.4, -0.2) is 51.9 Å². The van der Waals surface area contributed by atoms with E-state index in [9.17, 15) is 9.59 Å². The maximum Gasteiger partial charge on any atom is 0.270 e. The lowest BCUT2D eigenvalue weighted by molar-refractivity contribution is 0.0936. The van der Waals surface area contributed by atoms with Gasteiger partial charge in [0.2, 0.25) is 0 Å². The number of hydrogen-bond acceptors (Lipinski definition) is 6. The zero-order valence-corrected chi connectivity index (χ0v) is 21.1. The number of hydrogen-bond donors (Lipinski definition) is 2. The predicted octanol–water partition coefficient (Wildman–Crippen LogP) is 4.39. The molecule has 3 rings (SSSR count). The zero-order chi connectivity index (χ0) is 25.5. The molecule has 1 aromatic carbocycles. The first-order chi connectivity index (χ1) is 16.7. The number of nitrogens with one attached hydrogen (secondary N) is 2. The van der Waals surface area contributed by atoms with E-state index in [1.165, 1.54) is 0 Å². The SMILES string of the molecule is CC=Nc1ccc(-n2cc(CNC(=O)c3cccc(C(=O)NC(C)C)n3)cn2)cc1N(C)C(C)C.[HH].[HH]. The minimum Gasteiger partial charge on any atom is -0.370 e. The van der Waals surface area contributed by atoms with Crippen molar-refractivity contribution in [3.8, 4) is 5.69 Å². The van der Waals surface area contributed by atoms with Crippen LogP contribution < -0.4 is 15.5 Å². The van der Waals surface area contributed by atoms with E-state index in [4.69, 9.17) is 0 Å². The average molecular weight is 480 g/mol. The summed E-state index contributed by atoms with van der Waals surface area (Å²) in [4.78, 5) is 35.6. The van der Waals surface area contributed by atoms with Crippen molar-refractivity contribution < 1.29 is 12.4 Å². The molecule has 2 N–H and O–H groups in total. The van der Waals surface area contributed by atoms with Gasteiger partial charge in [-0.1, -0.05) is 6.07 Å². The van der Waals surface area contributed by atoms with Crippen LogP contribution in [0.3, 0.4) is 0 Å². The molecule has 0 aliphatic heterocycles. The molecule has 0 saturated carbocycles. The van der Waals surface area contributed by atoms with Gasteiger partial charge in [-0.15, -0.1) is 0 Å². The molecule has 0 aliphatic carbocycles. The van der Waals surface area contributed by atoms with Crippen LogP contribution in [0.25, 0.3) is 5.69 Å². The summed E-state index contributed by atoms with van der Waals surface area (Å²) in [6, 6.07) is 11.1. The van der Waals surface area contributed by atoms with Gasteiger partial charge in [0.15, 0.2) is 0 Å². The molecular weight excluding hydrogens is 442 g/mol. The van der Waals surface area contributed by atoms with Gasteiger partial charge in [-0.2, -0.15) is 5.10 Å². The lowest BCUT2D eigenvalue weighted by Gasteiger charge is -2.25. The number of anilines is 1. The third-order valence-corrected chi connectivity index (χ3v) is 5.37. The monoisotopic (exact) mass is 479 g/mol. The lowest BCUT2D eigenvalue weighted by Crippen LogP contribution is -2.31. The number of carbonyl (C=O) groups excluding carboxylic acids is 2. The van der Waals surface area contributed by atoms with Gasteiger partial charge in [-0.3, -0.25) is 14.6 Å². The van der Waals surface area contributed by atoms with Gasteiger partial charge in [0.05, 0.1) is 23.3 Å². The Hall–Kier alpha value is -4.01. The highest BCUT2D eigenvalue weighted by Crippen LogP contribution is 2.31. The Labute approximate surface area is 209 Å². The molecule has 0 saturated heterocycles. The van der Waals surface area contributed by atoms with Crippen molar-refractivity contribution in [2.45, 2.75) is 53.2 Å². The minimum absolute atomic E-state index is 0. The standard InChI is InChI=1S/C26H33N7O2.2H2/c1-7-27-21-12-11-20(13-24(21)32(6)18(4)5)33-16-19(15-29-33)14-28-25(34)22-9-8-10-23(31-22)26(35)30-17(2)3;;/h7-13,15-18H,14H2,1-6H3,(H,28,34)(H,30,35);2*1H. The summed E-state index contributed by atoms with van der Waals surface area (Å²) in [6.07, 6.45) is 5.37. The van der Waals surface area contributed by atoms with E-state index >= 15 is 0 Å². The van der Waals surface area contributed by atoms with E-state index < -0.39 is 0 Å². The van der Waals surface area contributed by atoms with Crippen LogP contribution in [0.1, 0.15) is 64.0 Å². The summed E-state index contributed by atoms with van der Waals surface area (Å²) < 4.78 is 1.77. The number of amides is 2. The number of aliphatic imine (C=N–C) groups is 1. The fourth-order valence-corrected chi connectivity index (χ4v) is 3.35. The van der Waals surface area contributed by atoms with Crippen molar-refractivity contribution in [3.05, 3.63) is 65.7 Å². The Morgan fingerprint density at radius 3 is 2.51 bits per heavy atom. The number of benzene rings is 1. The van der Waals surface area contributed by atoms with Crippen molar-refractivity contribution in [3.63, 3.8) is 0 Å². The minimum atomic E-state index is -0.362. The van der Waals surface area contributed by atoms with Gasteiger partial charge in [-0.05, 0) is 65.0 Å². The highest BCUT2D eigenvalue weighted by molar-refractivity contribution is 5.96. The van der Waals surface area contributed by atoms with Crippen molar-refractivity contribution in [1.29, 1.82) is 0 Å². The summed E-state index contributed by atoms with van der Waals surface area (Å²) in [6.45, 7) is 10.2.